The molecule has 1 rings (SSSR count). The molecule has 102 valence electrons. The predicted octanol–water partition coefficient (Wildman–Crippen LogP) is 2.47. The Morgan fingerprint density at radius 1 is 1.37 bits per heavy atom. The molecule has 0 heterocycles. The van der Waals surface area contributed by atoms with Crippen LogP contribution in [0.3, 0.4) is 0 Å². The number of hydrogen-bond acceptors (Lipinski definition) is 5. The van der Waals surface area contributed by atoms with Gasteiger partial charge in [0.05, 0.1) is 25.2 Å². The third kappa shape index (κ3) is 3.09. The summed E-state index contributed by atoms with van der Waals surface area (Å²) in [6, 6.07) is 2.72. The first-order valence-electron chi connectivity index (χ1n) is 5.55. The van der Waals surface area contributed by atoms with Gasteiger partial charge in [0, 0.05) is 11.5 Å². The van der Waals surface area contributed by atoms with Crippen LogP contribution in [0.15, 0.2) is 24.8 Å². The van der Waals surface area contributed by atoms with Gasteiger partial charge in [-0.15, -0.1) is 6.58 Å². The average Bonchev–Trinajstić information content (AvgIpc) is 2.43. The van der Waals surface area contributed by atoms with Gasteiger partial charge in [0.15, 0.2) is 11.5 Å². The zero-order valence-corrected chi connectivity index (χ0v) is 10.8. The van der Waals surface area contributed by atoms with Crippen molar-refractivity contribution in [2.75, 3.05) is 14.2 Å². The van der Waals surface area contributed by atoms with Crippen LogP contribution in [-0.4, -0.2) is 25.4 Å². The fourth-order valence-electron chi connectivity index (χ4n) is 1.77. The minimum atomic E-state index is -0.627. The van der Waals surface area contributed by atoms with Gasteiger partial charge in [-0.05, 0) is 12.5 Å². The molecule has 0 amide bonds. The molecule has 0 saturated carbocycles. The first-order valence-corrected chi connectivity index (χ1v) is 5.55. The number of benzene rings is 1. The number of hydrogen-bond donors (Lipinski definition) is 0. The van der Waals surface area contributed by atoms with E-state index in [1.807, 2.05) is 0 Å². The van der Waals surface area contributed by atoms with Gasteiger partial charge >= 0.3 is 0 Å². The van der Waals surface area contributed by atoms with Crippen molar-refractivity contribution >= 4 is 12.0 Å². The van der Waals surface area contributed by atoms with Crippen LogP contribution in [0.5, 0.6) is 11.5 Å². The molecule has 0 N–H and O–H groups in total. The van der Waals surface area contributed by atoms with Crippen molar-refractivity contribution in [1.82, 2.24) is 0 Å². The maximum atomic E-state index is 11.1. The van der Waals surface area contributed by atoms with Gasteiger partial charge in [0.2, 0.25) is 0 Å². The normalized spacial score (nSPS) is 11.5. The summed E-state index contributed by atoms with van der Waals surface area (Å²) in [7, 11) is 2.82. The van der Waals surface area contributed by atoms with Gasteiger partial charge in [-0.3, -0.25) is 10.1 Å². The maximum Gasteiger partial charge on any atom is 0.277 e. The van der Waals surface area contributed by atoms with Crippen molar-refractivity contribution in [1.29, 1.82) is 0 Å². The third-order valence-corrected chi connectivity index (χ3v) is 2.71. The number of carbonyl (C=O) groups is 1. The molecule has 0 aliphatic heterocycles. The van der Waals surface area contributed by atoms with E-state index in [1.54, 1.807) is 6.08 Å². The molecule has 1 aromatic rings. The van der Waals surface area contributed by atoms with Crippen molar-refractivity contribution in [2.45, 2.75) is 12.3 Å². The van der Waals surface area contributed by atoms with E-state index >= 15 is 0 Å². The number of nitro benzene ring substituents is 1. The number of carbonyl (C=O) groups excluding carboxylic acids is 1. The highest BCUT2D eigenvalue weighted by atomic mass is 16.6. The molecule has 0 spiro atoms. The van der Waals surface area contributed by atoms with Crippen molar-refractivity contribution in [3.05, 3.63) is 40.5 Å². The molecule has 0 radical (unpaired) electrons. The van der Waals surface area contributed by atoms with Crippen LogP contribution in [0.4, 0.5) is 5.69 Å². The largest absolute Gasteiger partial charge is 0.493 e. The Balaban J connectivity index is 3.45. The number of methoxy groups -OCH3 is 2. The Morgan fingerprint density at radius 2 is 1.95 bits per heavy atom. The van der Waals surface area contributed by atoms with E-state index in [4.69, 9.17) is 9.47 Å². The Labute approximate surface area is 110 Å². The highest BCUT2D eigenvalue weighted by Crippen LogP contribution is 2.38. The molecule has 1 unspecified atom stereocenters. The lowest BCUT2D eigenvalue weighted by Gasteiger charge is -2.13. The monoisotopic (exact) mass is 265 g/mol. The van der Waals surface area contributed by atoms with E-state index in [2.05, 4.69) is 6.58 Å². The van der Waals surface area contributed by atoms with Crippen molar-refractivity contribution < 1.29 is 19.2 Å². The molecule has 0 bridgehead atoms. The van der Waals surface area contributed by atoms with Crippen LogP contribution in [-0.2, 0) is 4.79 Å². The van der Waals surface area contributed by atoms with E-state index in [1.165, 1.54) is 26.4 Å². The zero-order chi connectivity index (χ0) is 14.4. The first-order chi connectivity index (χ1) is 9.08. The predicted molar refractivity (Wildman–Crippen MR) is 69.8 cm³/mol. The number of nitro groups is 1. The second kappa shape index (κ2) is 6.53. The van der Waals surface area contributed by atoms with E-state index in [9.17, 15) is 14.9 Å². The molecule has 1 aromatic carbocycles. The summed E-state index contributed by atoms with van der Waals surface area (Å²) in [6.45, 7) is 3.54. The Morgan fingerprint density at radius 3 is 2.37 bits per heavy atom. The van der Waals surface area contributed by atoms with Gasteiger partial charge in [-0.2, -0.15) is 0 Å². The Bertz CT molecular complexity index is 498. The molecule has 0 fully saturated rings. The SMILES string of the molecule is C=CCC(C=O)c1cc(OC)c(OC)cc1[N+](=O)[O-]. The van der Waals surface area contributed by atoms with E-state index < -0.39 is 10.8 Å². The number of ether oxygens (including phenoxy) is 2. The van der Waals surface area contributed by atoms with E-state index in [-0.39, 0.29) is 17.0 Å². The summed E-state index contributed by atoms with van der Waals surface area (Å²) in [5, 5.41) is 11.1. The summed E-state index contributed by atoms with van der Waals surface area (Å²) < 4.78 is 10.1. The van der Waals surface area contributed by atoms with Crippen LogP contribution < -0.4 is 9.47 Å². The Kier molecular flexibility index (Phi) is 5.05. The summed E-state index contributed by atoms with van der Waals surface area (Å²) in [4.78, 5) is 21.6. The lowest BCUT2D eigenvalue weighted by Crippen LogP contribution is -2.05. The smallest absolute Gasteiger partial charge is 0.277 e. The minimum Gasteiger partial charge on any atom is -0.493 e. The van der Waals surface area contributed by atoms with Crippen LogP contribution in [0, 0.1) is 10.1 Å². The van der Waals surface area contributed by atoms with Gasteiger partial charge < -0.3 is 14.3 Å². The van der Waals surface area contributed by atoms with Gasteiger partial charge in [0.1, 0.15) is 6.29 Å². The van der Waals surface area contributed by atoms with Crippen LogP contribution in [0.25, 0.3) is 0 Å². The highest BCUT2D eigenvalue weighted by Gasteiger charge is 2.24. The lowest BCUT2D eigenvalue weighted by atomic mass is 9.95. The van der Waals surface area contributed by atoms with E-state index in [0.717, 1.165) is 0 Å². The molecule has 0 aromatic heterocycles. The summed E-state index contributed by atoms with van der Waals surface area (Å²) in [5.41, 5.74) is 0.120. The summed E-state index contributed by atoms with van der Waals surface area (Å²) >= 11 is 0. The third-order valence-electron chi connectivity index (χ3n) is 2.71. The quantitative estimate of drug-likeness (QED) is 0.327. The van der Waals surface area contributed by atoms with Gasteiger partial charge in [-0.25, -0.2) is 0 Å². The minimum absolute atomic E-state index is 0.170. The fourth-order valence-corrected chi connectivity index (χ4v) is 1.77. The van der Waals surface area contributed by atoms with Crippen LogP contribution in [0.1, 0.15) is 17.9 Å². The molecule has 0 aliphatic carbocycles. The Hall–Kier alpha value is -2.37. The molecule has 6 heteroatoms. The van der Waals surface area contributed by atoms with E-state index in [0.29, 0.717) is 18.5 Å². The summed E-state index contributed by atoms with van der Waals surface area (Å²) in [5.74, 6) is -0.0297. The molecular weight excluding hydrogens is 250 g/mol. The van der Waals surface area contributed by atoms with Gasteiger partial charge in [-0.1, -0.05) is 6.08 Å². The second-order valence-electron chi connectivity index (χ2n) is 3.79. The van der Waals surface area contributed by atoms with Crippen LogP contribution >= 0.6 is 0 Å². The molecule has 6 nitrogen and oxygen atoms in total. The maximum absolute atomic E-state index is 11.1. The van der Waals surface area contributed by atoms with Gasteiger partial charge in [0.25, 0.3) is 5.69 Å². The number of aldehydes is 1. The highest BCUT2D eigenvalue weighted by molar-refractivity contribution is 5.68. The number of allylic oxidation sites excluding steroid dienone is 1. The zero-order valence-electron chi connectivity index (χ0n) is 10.8. The topological polar surface area (TPSA) is 78.7 Å². The lowest BCUT2D eigenvalue weighted by molar-refractivity contribution is -0.385. The van der Waals surface area contributed by atoms with Crippen molar-refractivity contribution in [3.8, 4) is 11.5 Å². The molecule has 0 saturated heterocycles. The van der Waals surface area contributed by atoms with Crippen molar-refractivity contribution in [2.24, 2.45) is 0 Å². The molecule has 19 heavy (non-hydrogen) atoms. The molecule has 0 aliphatic rings. The molecule has 1 atom stereocenters. The van der Waals surface area contributed by atoms with Crippen molar-refractivity contribution in [3.63, 3.8) is 0 Å². The van der Waals surface area contributed by atoms with Crippen LogP contribution in [0.2, 0.25) is 0 Å². The first kappa shape index (κ1) is 14.7. The fraction of sp³-hybridized carbons (Fsp3) is 0.308. The number of nitrogens with zero attached hydrogens (tertiary/aromatic N) is 1. The average molecular weight is 265 g/mol. The standard InChI is InChI=1S/C13H15NO5/c1-4-5-9(8-15)10-6-12(18-2)13(19-3)7-11(10)14(16)17/h4,6-9H,1,5H2,2-3H3. The summed E-state index contributed by atoms with van der Waals surface area (Å²) in [6.07, 6.45) is 2.52. The number of rotatable bonds is 7. The second-order valence-corrected chi connectivity index (χ2v) is 3.79. The molecular formula is C13H15NO5.